The van der Waals surface area contributed by atoms with Gasteiger partial charge in [-0.2, -0.15) is 4.73 Å². The van der Waals surface area contributed by atoms with Crippen molar-refractivity contribution >= 4 is 13.2 Å². The molecular formula is C4H7N2O4P. The van der Waals surface area contributed by atoms with Crippen LogP contribution in [0.3, 0.4) is 0 Å². The number of nitrogens with zero attached hydrogens (tertiary/aromatic N) is 2. The van der Waals surface area contributed by atoms with E-state index >= 15 is 0 Å². The largest absolute Gasteiger partial charge is 0.415 e. The number of hydrogen-bond donors (Lipinski definition) is 2. The van der Waals surface area contributed by atoms with Gasteiger partial charge in [0.25, 0.3) is 5.57 Å². The van der Waals surface area contributed by atoms with Gasteiger partial charge in [-0.05, 0) is 0 Å². The minimum absolute atomic E-state index is 0.389. The minimum Gasteiger partial charge on any atom is -0.415 e. The predicted molar refractivity (Wildman–Crippen MR) is 36.4 cm³/mol. The molecule has 0 amide bonds. The van der Waals surface area contributed by atoms with E-state index in [0.29, 0.717) is 0 Å². The first-order chi connectivity index (χ1) is 5.05. The molecule has 6 nitrogen and oxygen atoms in total. The van der Waals surface area contributed by atoms with Gasteiger partial charge in [0.2, 0.25) is 0 Å². The molecule has 0 aromatic carbocycles. The van der Waals surface area contributed by atoms with E-state index in [4.69, 9.17) is 9.79 Å². The third-order valence-electron chi connectivity index (χ3n) is 1.05. The zero-order valence-electron chi connectivity index (χ0n) is 5.71. The summed E-state index contributed by atoms with van der Waals surface area (Å²) < 4.78 is 11.5. The van der Waals surface area contributed by atoms with Crippen LogP contribution in [0.5, 0.6) is 0 Å². The summed E-state index contributed by atoms with van der Waals surface area (Å²) in [4.78, 5) is 25.3. The van der Waals surface area contributed by atoms with Gasteiger partial charge >= 0.3 is 7.60 Å². The molecule has 2 N–H and O–H groups in total. The Bertz CT molecular complexity index is 290. The SMILES string of the molecule is COn1ccnc1P(=O)(O)O. The van der Waals surface area contributed by atoms with Crippen LogP contribution >= 0.6 is 7.60 Å². The van der Waals surface area contributed by atoms with Gasteiger partial charge in [0.1, 0.15) is 7.11 Å². The Hall–Kier alpha value is -0.840. The van der Waals surface area contributed by atoms with Crippen LogP contribution in [0.15, 0.2) is 12.4 Å². The lowest BCUT2D eigenvalue weighted by molar-refractivity contribution is 0.172. The van der Waals surface area contributed by atoms with Crippen molar-refractivity contribution in [3.63, 3.8) is 0 Å². The third-order valence-corrected chi connectivity index (χ3v) is 1.88. The molecule has 1 heterocycles. The van der Waals surface area contributed by atoms with Gasteiger partial charge in [0.15, 0.2) is 0 Å². The van der Waals surface area contributed by atoms with E-state index in [9.17, 15) is 4.57 Å². The summed E-state index contributed by atoms with van der Waals surface area (Å²) in [6, 6.07) is 0. The molecule has 0 atom stereocenters. The highest BCUT2D eigenvalue weighted by molar-refractivity contribution is 7.59. The van der Waals surface area contributed by atoms with Gasteiger partial charge in [-0.15, -0.1) is 0 Å². The summed E-state index contributed by atoms with van der Waals surface area (Å²) >= 11 is 0. The number of rotatable bonds is 2. The van der Waals surface area contributed by atoms with Gasteiger partial charge in [0.05, 0.1) is 6.20 Å². The molecule has 0 spiro atoms. The second kappa shape index (κ2) is 2.65. The van der Waals surface area contributed by atoms with Crippen LogP contribution in [0.4, 0.5) is 0 Å². The topological polar surface area (TPSA) is 84.6 Å². The molecule has 0 aliphatic rings. The first-order valence-corrected chi connectivity index (χ1v) is 4.31. The van der Waals surface area contributed by atoms with E-state index in [1.165, 1.54) is 19.5 Å². The monoisotopic (exact) mass is 178 g/mol. The van der Waals surface area contributed by atoms with Gasteiger partial charge < -0.3 is 14.6 Å². The van der Waals surface area contributed by atoms with Crippen molar-refractivity contribution in [2.24, 2.45) is 0 Å². The van der Waals surface area contributed by atoms with Crippen LogP contribution in [-0.4, -0.2) is 26.6 Å². The van der Waals surface area contributed by atoms with Gasteiger partial charge in [-0.25, -0.2) is 4.98 Å². The van der Waals surface area contributed by atoms with Crippen LogP contribution in [0.1, 0.15) is 0 Å². The van der Waals surface area contributed by atoms with E-state index in [2.05, 4.69) is 9.82 Å². The maximum Gasteiger partial charge on any atom is 0.394 e. The molecule has 0 fully saturated rings. The van der Waals surface area contributed by atoms with Crippen LogP contribution < -0.4 is 10.4 Å². The van der Waals surface area contributed by atoms with Crippen molar-refractivity contribution in [3.8, 4) is 0 Å². The van der Waals surface area contributed by atoms with E-state index in [0.717, 1.165) is 4.73 Å². The summed E-state index contributed by atoms with van der Waals surface area (Å²) in [6.45, 7) is 0. The summed E-state index contributed by atoms with van der Waals surface area (Å²) in [6.07, 6.45) is 2.56. The van der Waals surface area contributed by atoms with Crippen molar-refractivity contribution in [2.45, 2.75) is 0 Å². The first kappa shape index (κ1) is 8.26. The molecule has 7 heteroatoms. The van der Waals surface area contributed by atoms with Crippen LogP contribution in [0.25, 0.3) is 0 Å². The van der Waals surface area contributed by atoms with Crippen molar-refractivity contribution in [2.75, 3.05) is 7.11 Å². The van der Waals surface area contributed by atoms with Crippen molar-refractivity contribution in [1.29, 1.82) is 0 Å². The maximum absolute atomic E-state index is 10.6. The summed E-state index contributed by atoms with van der Waals surface area (Å²) in [7, 11) is -3.01. The highest BCUT2D eigenvalue weighted by atomic mass is 31.2. The van der Waals surface area contributed by atoms with Gasteiger partial charge in [0, 0.05) is 6.20 Å². The van der Waals surface area contributed by atoms with E-state index in [-0.39, 0.29) is 5.57 Å². The van der Waals surface area contributed by atoms with Crippen LogP contribution in [-0.2, 0) is 4.57 Å². The van der Waals surface area contributed by atoms with E-state index in [1.807, 2.05) is 0 Å². The van der Waals surface area contributed by atoms with Gasteiger partial charge in [-0.3, -0.25) is 4.57 Å². The predicted octanol–water partition coefficient (Wildman–Crippen LogP) is -1.26. The van der Waals surface area contributed by atoms with Crippen molar-refractivity contribution < 1.29 is 19.2 Å². The molecule has 0 unspecified atom stereocenters. The number of aromatic nitrogens is 2. The van der Waals surface area contributed by atoms with E-state index in [1.54, 1.807) is 0 Å². The van der Waals surface area contributed by atoms with Crippen molar-refractivity contribution in [3.05, 3.63) is 12.4 Å². The average molecular weight is 178 g/mol. The standard InChI is InChI=1S/C4H7N2O4P/c1-10-6-3-2-5-4(6)11(7,8)9/h2-3H,1H3,(H2,7,8,9). The smallest absolute Gasteiger partial charge is 0.394 e. The molecule has 62 valence electrons. The molecule has 0 bridgehead atoms. The van der Waals surface area contributed by atoms with Crippen molar-refractivity contribution in [1.82, 2.24) is 9.71 Å². The normalized spacial score (nSPS) is 11.5. The Kier molecular flexibility index (Phi) is 1.99. The average Bonchev–Trinajstić information content (AvgIpc) is 2.31. The van der Waals surface area contributed by atoms with Crippen LogP contribution in [0, 0.1) is 0 Å². The third kappa shape index (κ3) is 1.59. The Morgan fingerprint density at radius 2 is 2.36 bits per heavy atom. The lowest BCUT2D eigenvalue weighted by Gasteiger charge is -2.04. The molecular weight excluding hydrogens is 171 g/mol. The Balaban J connectivity index is 3.13. The zero-order chi connectivity index (χ0) is 8.48. The molecule has 0 radical (unpaired) electrons. The molecule has 1 aromatic rings. The molecule has 0 saturated heterocycles. The highest BCUT2D eigenvalue weighted by Gasteiger charge is 2.24. The highest BCUT2D eigenvalue weighted by Crippen LogP contribution is 2.31. The second-order valence-corrected chi connectivity index (χ2v) is 3.27. The van der Waals surface area contributed by atoms with Gasteiger partial charge in [-0.1, -0.05) is 0 Å². The van der Waals surface area contributed by atoms with Crippen LogP contribution in [0.2, 0.25) is 0 Å². The quantitative estimate of drug-likeness (QED) is 0.552. The Labute approximate surface area is 62.6 Å². The molecule has 0 aliphatic heterocycles. The fourth-order valence-corrected chi connectivity index (χ4v) is 1.25. The fourth-order valence-electron chi connectivity index (χ4n) is 0.630. The molecule has 1 aromatic heterocycles. The lowest BCUT2D eigenvalue weighted by atomic mass is 11.0. The minimum atomic E-state index is -4.30. The Morgan fingerprint density at radius 1 is 1.73 bits per heavy atom. The lowest BCUT2D eigenvalue weighted by Crippen LogP contribution is -2.22. The zero-order valence-corrected chi connectivity index (χ0v) is 6.60. The molecule has 0 saturated carbocycles. The maximum atomic E-state index is 10.6. The number of hydrogen-bond acceptors (Lipinski definition) is 3. The molecule has 1 rings (SSSR count). The summed E-state index contributed by atoms with van der Waals surface area (Å²) in [5.41, 5.74) is -0.389. The molecule has 0 aliphatic carbocycles. The summed E-state index contributed by atoms with van der Waals surface area (Å²) in [5, 5.41) is 0. The van der Waals surface area contributed by atoms with E-state index < -0.39 is 7.60 Å². The second-order valence-electron chi connectivity index (χ2n) is 1.78. The summed E-state index contributed by atoms with van der Waals surface area (Å²) in [5.74, 6) is 0. The fraction of sp³-hybridized carbons (Fsp3) is 0.250. The Morgan fingerprint density at radius 3 is 2.73 bits per heavy atom. The first-order valence-electron chi connectivity index (χ1n) is 2.69. The number of imidazole rings is 1. The molecule has 11 heavy (non-hydrogen) atoms.